The fourth-order valence-corrected chi connectivity index (χ4v) is 3.20. The second kappa shape index (κ2) is 8.21. The average Bonchev–Trinajstić information content (AvgIpc) is 2.31. The van der Waals surface area contributed by atoms with E-state index >= 15 is 0 Å². The normalized spacial score (nSPS) is 11.2. The van der Waals surface area contributed by atoms with Crippen molar-refractivity contribution in [3.05, 3.63) is 23.8 Å². The Morgan fingerprint density at radius 3 is 2.68 bits per heavy atom. The maximum absolute atomic E-state index is 11.2. The number of hydrogen-bond acceptors (Lipinski definition) is 2. The van der Waals surface area contributed by atoms with Crippen LogP contribution in [0, 0.1) is 0 Å². The van der Waals surface area contributed by atoms with Crippen molar-refractivity contribution in [2.75, 3.05) is 11.2 Å². The molecule has 1 amide bonds. The van der Waals surface area contributed by atoms with Gasteiger partial charge in [-0.2, -0.15) is 0 Å². The van der Waals surface area contributed by atoms with Crippen molar-refractivity contribution in [2.45, 2.75) is 20.0 Å². The van der Waals surface area contributed by atoms with E-state index in [0.29, 0.717) is 11.4 Å². The minimum absolute atomic E-state index is 0.0433. The van der Waals surface area contributed by atoms with E-state index in [1.165, 1.54) is 0 Å². The van der Waals surface area contributed by atoms with Crippen molar-refractivity contribution in [1.82, 2.24) is 0 Å². The average molecular weight is 412 g/mol. The zero-order valence-electron chi connectivity index (χ0n) is 10.4. The van der Waals surface area contributed by atoms with E-state index in [1.807, 2.05) is 13.8 Å². The van der Waals surface area contributed by atoms with Crippen LogP contribution < -0.4 is 10.1 Å². The summed E-state index contributed by atoms with van der Waals surface area (Å²) in [4.78, 5) is 11.2. The van der Waals surface area contributed by atoms with Crippen LogP contribution >= 0.6 is 31.0 Å². The monoisotopic (exact) mass is 411 g/mol. The second-order valence-corrected chi connectivity index (χ2v) is 9.90. The molecule has 0 aliphatic heterocycles. The molecule has 1 rings (SSSR count). The number of amides is 1. The molecule has 0 radical (unpaired) electrons. The molecule has 0 spiro atoms. The standard InChI is InChI=1S/C12H14ClNO2.2ClH.Ru/c1-8(2)16-11-5-4-10(6-9(11)3)14-12(15)7-13;;;/h3-6,8H,7H2,1-2H3,(H,14,15);2*1H;/q;;;+2/p-2. The van der Waals surface area contributed by atoms with Gasteiger partial charge in [-0.25, -0.2) is 0 Å². The van der Waals surface area contributed by atoms with Crippen LogP contribution in [-0.4, -0.2) is 22.5 Å². The molecular formula is C12H14Cl3NO2Ru. The van der Waals surface area contributed by atoms with E-state index in [-0.39, 0.29) is 17.9 Å². The number of nitrogens with one attached hydrogen (secondary N) is 1. The van der Waals surface area contributed by atoms with Crippen LogP contribution in [0.25, 0.3) is 0 Å². The molecule has 1 N–H and O–H groups in total. The predicted molar refractivity (Wildman–Crippen MR) is 78.4 cm³/mol. The van der Waals surface area contributed by atoms with Crippen molar-refractivity contribution in [2.24, 2.45) is 0 Å². The SMILES string of the molecule is CC(C)Oc1ccc(NC(=O)CCl)cc1[CH]=[Ru]([Cl])[Cl]. The van der Waals surface area contributed by atoms with E-state index in [0.717, 1.165) is 5.56 Å². The first-order valence-corrected chi connectivity index (χ1v) is 11.4. The molecule has 108 valence electrons. The molecule has 19 heavy (non-hydrogen) atoms. The van der Waals surface area contributed by atoms with Gasteiger partial charge in [0.2, 0.25) is 0 Å². The van der Waals surface area contributed by atoms with Crippen LogP contribution in [0.15, 0.2) is 18.2 Å². The summed E-state index contributed by atoms with van der Waals surface area (Å²) in [5.74, 6) is 0.335. The number of benzene rings is 1. The van der Waals surface area contributed by atoms with Gasteiger partial charge >= 0.3 is 131 Å². The first-order chi connectivity index (χ1) is 8.92. The summed E-state index contributed by atoms with van der Waals surface area (Å²) in [7, 11) is 11.8. The van der Waals surface area contributed by atoms with E-state index in [4.69, 9.17) is 35.7 Å². The van der Waals surface area contributed by atoms with Crippen LogP contribution in [0.3, 0.4) is 0 Å². The molecule has 7 heteroatoms. The Morgan fingerprint density at radius 1 is 1.47 bits per heavy atom. The molecule has 1 aromatic carbocycles. The Morgan fingerprint density at radius 2 is 2.16 bits per heavy atom. The number of hydrogen-bond donors (Lipinski definition) is 1. The summed E-state index contributed by atoms with van der Waals surface area (Å²) in [6.07, 6.45) is 0.0433. The molecule has 0 aliphatic carbocycles. The van der Waals surface area contributed by atoms with Crippen molar-refractivity contribution in [3.63, 3.8) is 0 Å². The predicted octanol–water partition coefficient (Wildman–Crippen LogP) is 3.73. The van der Waals surface area contributed by atoms with E-state index in [2.05, 4.69) is 5.32 Å². The van der Waals surface area contributed by atoms with Crippen LogP contribution in [0.2, 0.25) is 0 Å². The first kappa shape index (κ1) is 16.9. The second-order valence-electron chi connectivity index (χ2n) is 3.91. The van der Waals surface area contributed by atoms with Crippen molar-refractivity contribution >= 4 is 47.2 Å². The van der Waals surface area contributed by atoms with E-state index in [9.17, 15) is 4.79 Å². The number of alkyl halides is 1. The number of anilines is 1. The Kier molecular flexibility index (Phi) is 7.31. The van der Waals surface area contributed by atoms with Crippen molar-refractivity contribution < 1.29 is 23.0 Å². The molecule has 3 nitrogen and oxygen atoms in total. The summed E-state index contributed by atoms with van der Waals surface area (Å²) >= 11 is 3.47. The number of ether oxygens (including phenoxy) is 1. The summed E-state index contributed by atoms with van der Waals surface area (Å²) in [6.45, 7) is 3.87. The Bertz CT molecular complexity index is 488. The number of halogens is 3. The van der Waals surface area contributed by atoms with Crippen molar-refractivity contribution in [3.8, 4) is 5.75 Å². The molecule has 0 aromatic heterocycles. The Balaban J connectivity index is 3.07. The summed E-state index contributed by atoms with van der Waals surface area (Å²) < 4.78 is 7.45. The van der Waals surface area contributed by atoms with Gasteiger partial charge in [-0.1, -0.05) is 0 Å². The third kappa shape index (κ3) is 6.22. The van der Waals surface area contributed by atoms with Crippen molar-refractivity contribution in [1.29, 1.82) is 0 Å². The summed E-state index contributed by atoms with van der Waals surface area (Å²) in [5, 5.41) is 2.67. The number of carbonyl (C=O) groups is 1. The molecule has 0 atom stereocenters. The molecule has 0 heterocycles. The van der Waals surface area contributed by atoms with Gasteiger partial charge in [-0.3, -0.25) is 0 Å². The Hall–Kier alpha value is -0.147. The van der Waals surface area contributed by atoms with Gasteiger partial charge in [-0.15, -0.1) is 0 Å². The molecule has 0 unspecified atom stereocenters. The van der Waals surface area contributed by atoms with Crippen LogP contribution in [0.5, 0.6) is 5.75 Å². The van der Waals surface area contributed by atoms with E-state index in [1.54, 1.807) is 22.8 Å². The molecular weight excluding hydrogens is 398 g/mol. The zero-order valence-corrected chi connectivity index (χ0v) is 14.4. The number of carbonyl (C=O) groups excluding carboxylic acids is 1. The van der Waals surface area contributed by atoms with Gasteiger partial charge in [-0.05, 0) is 0 Å². The van der Waals surface area contributed by atoms with Gasteiger partial charge < -0.3 is 0 Å². The van der Waals surface area contributed by atoms with Crippen LogP contribution in [0.4, 0.5) is 5.69 Å². The molecule has 0 bridgehead atoms. The zero-order chi connectivity index (χ0) is 14.4. The van der Waals surface area contributed by atoms with Gasteiger partial charge in [0.15, 0.2) is 0 Å². The Labute approximate surface area is 130 Å². The third-order valence-electron chi connectivity index (χ3n) is 1.96. The fourth-order valence-electron chi connectivity index (χ4n) is 1.34. The number of rotatable bonds is 5. The molecule has 1 aromatic rings. The van der Waals surface area contributed by atoms with Crippen LogP contribution in [0.1, 0.15) is 19.4 Å². The molecule has 0 saturated carbocycles. The molecule has 0 aliphatic rings. The first-order valence-electron chi connectivity index (χ1n) is 5.42. The van der Waals surface area contributed by atoms with Gasteiger partial charge in [0, 0.05) is 0 Å². The quantitative estimate of drug-likeness (QED) is 0.592. The maximum atomic E-state index is 11.2. The minimum atomic E-state index is -1.97. The van der Waals surface area contributed by atoms with Crippen LogP contribution in [-0.2, 0) is 18.3 Å². The molecule has 0 saturated heterocycles. The van der Waals surface area contributed by atoms with Gasteiger partial charge in [0.1, 0.15) is 0 Å². The third-order valence-corrected chi connectivity index (χ3v) is 4.04. The summed E-state index contributed by atoms with van der Waals surface area (Å²) in [6, 6.07) is 5.30. The van der Waals surface area contributed by atoms with Gasteiger partial charge in [0.25, 0.3) is 0 Å². The fraction of sp³-hybridized carbons (Fsp3) is 0.333. The van der Waals surface area contributed by atoms with Gasteiger partial charge in [0.05, 0.1) is 0 Å². The van der Waals surface area contributed by atoms with E-state index < -0.39 is 13.5 Å². The topological polar surface area (TPSA) is 38.3 Å². The summed E-state index contributed by atoms with van der Waals surface area (Å²) in [5.41, 5.74) is 1.42. The molecule has 0 fully saturated rings.